The van der Waals surface area contributed by atoms with Crippen molar-refractivity contribution < 1.29 is 19.1 Å². The van der Waals surface area contributed by atoms with Crippen LogP contribution in [0.15, 0.2) is 36.4 Å². The maximum Gasteiger partial charge on any atom is 0.256 e. The Morgan fingerprint density at radius 1 is 1.25 bits per heavy atom. The molecule has 2 N–H and O–H groups in total. The number of fused-ring (bicyclic) bond motifs is 2. The minimum Gasteiger partial charge on any atom is -0.496 e. The molecule has 7 nitrogen and oxygen atoms in total. The SMILES string of the molecule is COc1ccc(Cl)cc1-c1ccc2c(c1)C(=O)N1CC[C@H](NC(=O)CSC)C[C@H]1C(=O)N2. The molecule has 2 aliphatic rings. The van der Waals surface area contributed by atoms with Crippen LogP contribution in [0.4, 0.5) is 5.69 Å². The quantitative estimate of drug-likeness (QED) is 0.694. The van der Waals surface area contributed by atoms with Crippen LogP contribution in [0.5, 0.6) is 5.75 Å². The van der Waals surface area contributed by atoms with Crippen LogP contribution in [-0.4, -0.2) is 60.4 Å². The van der Waals surface area contributed by atoms with Crippen LogP contribution < -0.4 is 15.4 Å². The summed E-state index contributed by atoms with van der Waals surface area (Å²) in [5.41, 5.74) is 2.42. The van der Waals surface area contributed by atoms with E-state index in [1.54, 1.807) is 42.3 Å². The van der Waals surface area contributed by atoms with Gasteiger partial charge in [-0.2, -0.15) is 11.8 Å². The summed E-state index contributed by atoms with van der Waals surface area (Å²) in [4.78, 5) is 40.0. The average molecular weight is 474 g/mol. The number of thioether (sulfide) groups is 1. The molecule has 2 atom stereocenters. The highest BCUT2D eigenvalue weighted by Crippen LogP contribution is 2.36. The number of rotatable bonds is 5. The fraction of sp³-hybridized carbons (Fsp3) is 0.348. The van der Waals surface area contributed by atoms with Crippen LogP contribution in [-0.2, 0) is 9.59 Å². The highest BCUT2D eigenvalue weighted by molar-refractivity contribution is 7.99. The van der Waals surface area contributed by atoms with E-state index in [-0.39, 0.29) is 23.8 Å². The molecule has 4 rings (SSSR count). The molecule has 2 aliphatic heterocycles. The van der Waals surface area contributed by atoms with E-state index in [0.717, 1.165) is 11.1 Å². The van der Waals surface area contributed by atoms with Crippen LogP contribution in [0.2, 0.25) is 5.02 Å². The summed E-state index contributed by atoms with van der Waals surface area (Å²) in [6.07, 6.45) is 2.86. The van der Waals surface area contributed by atoms with Crippen LogP contribution in [0.3, 0.4) is 0 Å². The fourth-order valence-corrected chi connectivity index (χ4v) is 4.78. The van der Waals surface area contributed by atoms with Crippen LogP contribution in [0, 0.1) is 0 Å². The molecule has 2 aromatic carbocycles. The summed E-state index contributed by atoms with van der Waals surface area (Å²) < 4.78 is 5.45. The highest BCUT2D eigenvalue weighted by atomic mass is 35.5. The summed E-state index contributed by atoms with van der Waals surface area (Å²) in [5.74, 6) is 0.505. The van der Waals surface area contributed by atoms with E-state index in [2.05, 4.69) is 10.6 Å². The summed E-state index contributed by atoms with van der Waals surface area (Å²) in [5, 5.41) is 6.42. The summed E-state index contributed by atoms with van der Waals surface area (Å²) in [7, 11) is 1.58. The normalized spacial score (nSPS) is 20.0. The molecule has 0 saturated carbocycles. The Hall–Kier alpha value is -2.71. The lowest BCUT2D eigenvalue weighted by molar-refractivity contribution is -0.123. The number of anilines is 1. The smallest absolute Gasteiger partial charge is 0.256 e. The Labute approximate surface area is 195 Å². The molecule has 1 saturated heterocycles. The van der Waals surface area contributed by atoms with Crippen molar-refractivity contribution in [2.45, 2.75) is 24.9 Å². The monoisotopic (exact) mass is 473 g/mol. The van der Waals surface area contributed by atoms with Crippen molar-refractivity contribution >= 4 is 46.8 Å². The van der Waals surface area contributed by atoms with Gasteiger partial charge in [-0.1, -0.05) is 17.7 Å². The molecule has 2 heterocycles. The third kappa shape index (κ3) is 4.42. The number of nitrogens with zero attached hydrogens (tertiary/aromatic N) is 1. The first kappa shape index (κ1) is 22.5. The molecule has 0 radical (unpaired) electrons. The van der Waals surface area contributed by atoms with Crippen molar-refractivity contribution in [1.82, 2.24) is 10.2 Å². The number of halogens is 1. The van der Waals surface area contributed by atoms with Crippen molar-refractivity contribution in [1.29, 1.82) is 0 Å². The Bertz CT molecular complexity index is 1080. The summed E-state index contributed by atoms with van der Waals surface area (Å²) in [6, 6.07) is 9.86. The number of ether oxygens (including phenoxy) is 1. The van der Waals surface area contributed by atoms with Gasteiger partial charge in [0.05, 0.1) is 24.1 Å². The zero-order valence-electron chi connectivity index (χ0n) is 17.8. The lowest BCUT2D eigenvalue weighted by atomic mass is 9.95. The molecular formula is C23H24ClN3O4S. The van der Waals surface area contributed by atoms with Gasteiger partial charge in [-0.05, 0) is 55.0 Å². The Morgan fingerprint density at radius 2 is 2.06 bits per heavy atom. The fourth-order valence-electron chi connectivity index (χ4n) is 4.26. The maximum absolute atomic E-state index is 13.4. The second kappa shape index (κ2) is 9.42. The first-order valence-electron chi connectivity index (χ1n) is 10.3. The summed E-state index contributed by atoms with van der Waals surface area (Å²) >= 11 is 7.63. The number of carbonyl (C=O) groups excluding carboxylic acids is 3. The number of piperidine rings is 1. The first-order chi connectivity index (χ1) is 15.4. The van der Waals surface area contributed by atoms with E-state index < -0.39 is 6.04 Å². The van der Waals surface area contributed by atoms with Gasteiger partial charge >= 0.3 is 0 Å². The van der Waals surface area contributed by atoms with Gasteiger partial charge < -0.3 is 20.3 Å². The van der Waals surface area contributed by atoms with Gasteiger partial charge in [-0.15, -0.1) is 0 Å². The van der Waals surface area contributed by atoms with E-state index in [9.17, 15) is 14.4 Å². The van der Waals surface area contributed by atoms with Crippen LogP contribution >= 0.6 is 23.4 Å². The van der Waals surface area contributed by atoms with Crippen molar-refractivity contribution in [3.8, 4) is 16.9 Å². The lowest BCUT2D eigenvalue weighted by Gasteiger charge is -2.37. The predicted molar refractivity (Wildman–Crippen MR) is 126 cm³/mol. The van der Waals surface area contributed by atoms with Crippen LogP contribution in [0.1, 0.15) is 23.2 Å². The van der Waals surface area contributed by atoms with Gasteiger partial charge in [0.1, 0.15) is 11.8 Å². The van der Waals surface area contributed by atoms with Crippen molar-refractivity contribution in [2.24, 2.45) is 0 Å². The summed E-state index contributed by atoms with van der Waals surface area (Å²) in [6.45, 7) is 0.394. The number of methoxy groups -OCH3 is 1. The third-order valence-electron chi connectivity index (χ3n) is 5.79. The second-order valence-electron chi connectivity index (χ2n) is 7.83. The van der Waals surface area contributed by atoms with Crippen LogP contribution in [0.25, 0.3) is 11.1 Å². The van der Waals surface area contributed by atoms with E-state index in [1.807, 2.05) is 12.3 Å². The molecule has 0 unspecified atom stereocenters. The number of amides is 3. The van der Waals surface area contributed by atoms with Gasteiger partial charge in [0, 0.05) is 23.2 Å². The molecule has 0 aliphatic carbocycles. The standard InChI is InChI=1S/C23H24ClN3O4S/c1-31-20-6-4-14(24)10-16(20)13-3-5-18-17(9-13)23(30)27-8-7-15(25-21(28)12-32-2)11-19(27)22(29)26-18/h3-6,9-10,15,19H,7-8,11-12H2,1-2H3,(H,25,28)(H,26,29)/t15-,19-/m0/s1. The molecule has 3 amide bonds. The largest absolute Gasteiger partial charge is 0.496 e. The molecule has 2 aromatic rings. The van der Waals surface area contributed by atoms with Crippen molar-refractivity contribution in [3.05, 3.63) is 47.0 Å². The highest BCUT2D eigenvalue weighted by Gasteiger charge is 2.40. The topological polar surface area (TPSA) is 87.7 Å². The minimum absolute atomic E-state index is 0.0558. The van der Waals surface area contributed by atoms with Gasteiger partial charge in [0.25, 0.3) is 5.91 Å². The third-order valence-corrected chi connectivity index (χ3v) is 6.57. The Kier molecular flexibility index (Phi) is 6.62. The molecule has 32 heavy (non-hydrogen) atoms. The molecule has 168 valence electrons. The van der Waals surface area contributed by atoms with E-state index in [0.29, 0.717) is 47.2 Å². The molecule has 0 spiro atoms. The molecule has 0 aromatic heterocycles. The molecular weight excluding hydrogens is 450 g/mol. The molecule has 1 fully saturated rings. The zero-order valence-corrected chi connectivity index (χ0v) is 19.4. The first-order valence-corrected chi connectivity index (χ1v) is 12.1. The second-order valence-corrected chi connectivity index (χ2v) is 9.13. The van der Waals surface area contributed by atoms with Gasteiger partial charge in [0.15, 0.2) is 0 Å². The Balaban J connectivity index is 1.63. The Morgan fingerprint density at radius 3 is 2.81 bits per heavy atom. The molecule has 0 bridgehead atoms. The van der Waals surface area contributed by atoms with Crippen molar-refractivity contribution in [2.75, 3.05) is 31.0 Å². The number of carbonyl (C=O) groups is 3. The van der Waals surface area contributed by atoms with E-state index in [1.165, 1.54) is 11.8 Å². The van der Waals surface area contributed by atoms with Gasteiger partial charge in [-0.25, -0.2) is 0 Å². The number of hydrogen-bond acceptors (Lipinski definition) is 5. The van der Waals surface area contributed by atoms with E-state index in [4.69, 9.17) is 16.3 Å². The lowest BCUT2D eigenvalue weighted by Crippen LogP contribution is -2.55. The predicted octanol–water partition coefficient (Wildman–Crippen LogP) is 3.42. The van der Waals surface area contributed by atoms with Crippen molar-refractivity contribution in [3.63, 3.8) is 0 Å². The number of hydrogen-bond donors (Lipinski definition) is 2. The van der Waals surface area contributed by atoms with E-state index >= 15 is 0 Å². The number of benzene rings is 2. The number of nitrogens with one attached hydrogen (secondary N) is 2. The van der Waals surface area contributed by atoms with Gasteiger partial charge in [0.2, 0.25) is 11.8 Å². The van der Waals surface area contributed by atoms with Gasteiger partial charge in [-0.3, -0.25) is 14.4 Å². The zero-order chi connectivity index (χ0) is 22.8. The molecule has 9 heteroatoms. The average Bonchev–Trinajstić information content (AvgIpc) is 2.88. The minimum atomic E-state index is -0.632. The maximum atomic E-state index is 13.4.